The number of nitrogens with one attached hydrogen (secondary N) is 3. The van der Waals surface area contributed by atoms with Gasteiger partial charge in [0.25, 0.3) is 0 Å². The molecule has 1 saturated carbocycles. The van der Waals surface area contributed by atoms with Crippen LogP contribution in [0.3, 0.4) is 0 Å². The van der Waals surface area contributed by atoms with Gasteiger partial charge in [0.05, 0.1) is 0 Å². The van der Waals surface area contributed by atoms with Crippen molar-refractivity contribution in [2.24, 2.45) is 5.92 Å². The first-order valence-corrected chi connectivity index (χ1v) is 7.45. The molecule has 0 saturated heterocycles. The van der Waals surface area contributed by atoms with Crippen LogP contribution in [-0.4, -0.2) is 41.6 Å². The van der Waals surface area contributed by atoms with Gasteiger partial charge in [0.15, 0.2) is 0 Å². The Balaban J connectivity index is 2.09. The number of hydrogen-bond donors (Lipinski definition) is 4. The topological polar surface area (TPSA) is 108 Å². The molecule has 0 spiro atoms. The lowest BCUT2D eigenvalue weighted by atomic mass is 10.0. The maximum Gasteiger partial charge on any atom is 0.315 e. The van der Waals surface area contributed by atoms with E-state index in [1.54, 1.807) is 6.92 Å². The van der Waals surface area contributed by atoms with Gasteiger partial charge in [-0.1, -0.05) is 6.92 Å². The number of amides is 3. The highest BCUT2D eigenvalue weighted by molar-refractivity contribution is 5.86. The Kier molecular flexibility index (Phi) is 6.98. The van der Waals surface area contributed by atoms with E-state index in [4.69, 9.17) is 5.11 Å². The van der Waals surface area contributed by atoms with Crippen LogP contribution >= 0.6 is 0 Å². The van der Waals surface area contributed by atoms with E-state index in [-0.39, 0.29) is 30.3 Å². The summed E-state index contributed by atoms with van der Waals surface area (Å²) in [5.41, 5.74) is 0. The van der Waals surface area contributed by atoms with Crippen molar-refractivity contribution < 1.29 is 19.5 Å². The molecule has 1 fully saturated rings. The van der Waals surface area contributed by atoms with Crippen LogP contribution in [-0.2, 0) is 9.59 Å². The third-order valence-corrected chi connectivity index (χ3v) is 3.44. The first-order chi connectivity index (χ1) is 9.88. The number of urea groups is 1. The van der Waals surface area contributed by atoms with E-state index in [9.17, 15) is 14.4 Å². The van der Waals surface area contributed by atoms with Crippen molar-refractivity contribution in [1.29, 1.82) is 0 Å². The fourth-order valence-corrected chi connectivity index (χ4v) is 1.81. The van der Waals surface area contributed by atoms with E-state index in [0.29, 0.717) is 19.4 Å². The van der Waals surface area contributed by atoms with E-state index in [2.05, 4.69) is 16.0 Å². The molecule has 21 heavy (non-hydrogen) atoms. The van der Waals surface area contributed by atoms with E-state index in [0.717, 1.165) is 12.8 Å². The van der Waals surface area contributed by atoms with Gasteiger partial charge in [0.1, 0.15) is 6.04 Å². The summed E-state index contributed by atoms with van der Waals surface area (Å²) < 4.78 is 0. The highest BCUT2D eigenvalue weighted by Gasteiger charge is 2.26. The van der Waals surface area contributed by atoms with Gasteiger partial charge in [-0.25, -0.2) is 4.79 Å². The van der Waals surface area contributed by atoms with Crippen LogP contribution in [0, 0.1) is 5.92 Å². The zero-order valence-corrected chi connectivity index (χ0v) is 12.6. The number of carboxylic acids is 1. The monoisotopic (exact) mass is 299 g/mol. The fourth-order valence-electron chi connectivity index (χ4n) is 1.81. The molecule has 1 aliphatic rings. The van der Waals surface area contributed by atoms with Crippen molar-refractivity contribution in [2.75, 3.05) is 6.54 Å². The number of carboxylic acid groups (broad SMARTS) is 1. The van der Waals surface area contributed by atoms with Gasteiger partial charge in [0, 0.05) is 19.0 Å². The minimum Gasteiger partial charge on any atom is -0.481 e. The molecule has 2 atom stereocenters. The van der Waals surface area contributed by atoms with Gasteiger partial charge < -0.3 is 21.1 Å². The van der Waals surface area contributed by atoms with Gasteiger partial charge >= 0.3 is 12.0 Å². The standard InChI is InChI=1S/C14H25N3O4/c1-9(3-6-12(18)19)7-8-15-14(21)16-10(2)13(20)17-11-4-5-11/h9-11H,3-8H2,1-2H3,(H,17,20)(H,18,19)(H2,15,16,21). The second-order valence-corrected chi connectivity index (χ2v) is 5.73. The lowest BCUT2D eigenvalue weighted by Gasteiger charge is -2.15. The van der Waals surface area contributed by atoms with Gasteiger partial charge in [-0.3, -0.25) is 9.59 Å². The summed E-state index contributed by atoms with van der Waals surface area (Å²) in [7, 11) is 0. The van der Waals surface area contributed by atoms with E-state index >= 15 is 0 Å². The Morgan fingerprint density at radius 3 is 2.43 bits per heavy atom. The molecule has 3 amide bonds. The van der Waals surface area contributed by atoms with Gasteiger partial charge in [-0.05, 0) is 38.5 Å². The molecule has 0 aromatic carbocycles. The largest absolute Gasteiger partial charge is 0.481 e. The van der Waals surface area contributed by atoms with Crippen molar-refractivity contribution in [1.82, 2.24) is 16.0 Å². The molecule has 0 heterocycles. The zero-order valence-electron chi connectivity index (χ0n) is 12.6. The quantitative estimate of drug-likeness (QED) is 0.506. The fraction of sp³-hybridized carbons (Fsp3) is 0.786. The molecule has 4 N–H and O–H groups in total. The Bertz CT molecular complexity index is 382. The van der Waals surface area contributed by atoms with Crippen molar-refractivity contribution in [3.05, 3.63) is 0 Å². The molecule has 0 bridgehead atoms. The highest BCUT2D eigenvalue weighted by Crippen LogP contribution is 2.18. The molecular weight excluding hydrogens is 274 g/mol. The summed E-state index contributed by atoms with van der Waals surface area (Å²) in [5, 5.41) is 16.7. The summed E-state index contributed by atoms with van der Waals surface area (Å²) in [6.07, 6.45) is 3.48. The van der Waals surface area contributed by atoms with E-state index in [1.165, 1.54) is 0 Å². The van der Waals surface area contributed by atoms with Gasteiger partial charge in [0.2, 0.25) is 5.91 Å². The van der Waals surface area contributed by atoms with Crippen LogP contribution in [0.1, 0.15) is 46.0 Å². The SMILES string of the molecule is CC(CCNC(=O)NC(C)C(=O)NC1CC1)CCC(=O)O. The molecule has 2 unspecified atom stereocenters. The lowest BCUT2D eigenvalue weighted by Crippen LogP contribution is -2.49. The number of carbonyl (C=O) groups is 3. The normalized spacial score (nSPS) is 16.7. The average molecular weight is 299 g/mol. The summed E-state index contributed by atoms with van der Waals surface area (Å²) in [4.78, 5) is 33.7. The minimum absolute atomic E-state index is 0.145. The Hall–Kier alpha value is -1.79. The van der Waals surface area contributed by atoms with Crippen LogP contribution in [0.4, 0.5) is 4.79 Å². The van der Waals surface area contributed by atoms with Crippen LogP contribution < -0.4 is 16.0 Å². The Morgan fingerprint density at radius 2 is 1.86 bits per heavy atom. The smallest absolute Gasteiger partial charge is 0.315 e. The van der Waals surface area contributed by atoms with Crippen LogP contribution in [0.15, 0.2) is 0 Å². The predicted octanol–water partition coefficient (Wildman–Crippen LogP) is 0.844. The molecule has 7 nitrogen and oxygen atoms in total. The first-order valence-electron chi connectivity index (χ1n) is 7.45. The maximum atomic E-state index is 11.7. The maximum absolute atomic E-state index is 11.7. The molecule has 1 rings (SSSR count). The van der Waals surface area contributed by atoms with Gasteiger partial charge in [-0.15, -0.1) is 0 Å². The third kappa shape index (κ3) is 8.16. The number of hydrogen-bond acceptors (Lipinski definition) is 3. The highest BCUT2D eigenvalue weighted by atomic mass is 16.4. The number of aliphatic carboxylic acids is 1. The molecule has 0 aliphatic heterocycles. The third-order valence-electron chi connectivity index (χ3n) is 3.44. The zero-order chi connectivity index (χ0) is 15.8. The molecular formula is C14H25N3O4. The average Bonchev–Trinajstić information content (AvgIpc) is 3.20. The van der Waals surface area contributed by atoms with E-state index in [1.807, 2.05) is 6.92 Å². The summed E-state index contributed by atoms with van der Waals surface area (Å²) in [5.74, 6) is -0.734. The number of carbonyl (C=O) groups excluding carboxylic acids is 2. The van der Waals surface area contributed by atoms with Crippen molar-refractivity contribution in [3.63, 3.8) is 0 Å². The van der Waals surface area contributed by atoms with Crippen LogP contribution in [0.2, 0.25) is 0 Å². The van der Waals surface area contributed by atoms with Crippen LogP contribution in [0.5, 0.6) is 0 Å². The predicted molar refractivity (Wildman–Crippen MR) is 77.8 cm³/mol. The van der Waals surface area contributed by atoms with Crippen molar-refractivity contribution >= 4 is 17.9 Å². The molecule has 0 aromatic heterocycles. The van der Waals surface area contributed by atoms with Crippen molar-refractivity contribution in [3.8, 4) is 0 Å². The molecule has 0 radical (unpaired) electrons. The molecule has 7 heteroatoms. The Labute approximate surface area is 124 Å². The first kappa shape index (κ1) is 17.3. The lowest BCUT2D eigenvalue weighted by molar-refractivity contribution is -0.137. The Morgan fingerprint density at radius 1 is 1.19 bits per heavy atom. The second-order valence-electron chi connectivity index (χ2n) is 5.73. The van der Waals surface area contributed by atoms with Gasteiger partial charge in [-0.2, -0.15) is 0 Å². The number of rotatable bonds is 9. The summed E-state index contributed by atoms with van der Waals surface area (Å²) in [6.45, 7) is 4.06. The summed E-state index contributed by atoms with van der Waals surface area (Å²) >= 11 is 0. The van der Waals surface area contributed by atoms with Crippen molar-refractivity contribution in [2.45, 2.75) is 58.0 Å². The molecule has 120 valence electrons. The van der Waals surface area contributed by atoms with Crippen LogP contribution in [0.25, 0.3) is 0 Å². The summed E-state index contributed by atoms with van der Waals surface area (Å²) in [6, 6.07) is -0.659. The molecule has 1 aliphatic carbocycles. The van der Waals surface area contributed by atoms with E-state index < -0.39 is 12.0 Å². The minimum atomic E-state index is -0.803. The second kappa shape index (κ2) is 8.49. The molecule has 0 aromatic rings.